The van der Waals surface area contributed by atoms with Crippen molar-refractivity contribution in [3.05, 3.63) is 0 Å². The Balaban J connectivity index is 0.00000261. The summed E-state index contributed by atoms with van der Waals surface area (Å²) in [7, 11) is 0. The lowest BCUT2D eigenvalue weighted by Gasteiger charge is -2.59. The van der Waals surface area contributed by atoms with Gasteiger partial charge in [0.25, 0.3) is 0 Å². The van der Waals surface area contributed by atoms with E-state index in [1.54, 1.807) is 0 Å². The van der Waals surface area contributed by atoms with E-state index in [0.717, 1.165) is 51.9 Å². The fourth-order valence-corrected chi connectivity index (χ4v) is 4.77. The predicted molar refractivity (Wildman–Crippen MR) is 108 cm³/mol. The summed E-state index contributed by atoms with van der Waals surface area (Å²) in [6.45, 7) is 9.97. The molecule has 2 heterocycles. The summed E-state index contributed by atoms with van der Waals surface area (Å²) >= 11 is 0. The van der Waals surface area contributed by atoms with E-state index in [1.165, 1.54) is 0 Å². The molecule has 2 unspecified atom stereocenters. The lowest BCUT2D eigenvalue weighted by Crippen LogP contribution is -2.76. The number of piperidine rings is 2. The number of ether oxygens (including phenoxy) is 1. The zero-order valence-electron chi connectivity index (χ0n) is 17.0. The Labute approximate surface area is 169 Å². The summed E-state index contributed by atoms with van der Waals surface area (Å²) in [6.07, 6.45) is 5.43. The number of nitrogens with two attached hydrogens (primary N) is 1. The quantitative estimate of drug-likeness (QED) is 0.766. The summed E-state index contributed by atoms with van der Waals surface area (Å²) in [5.41, 5.74) is 5.40. The van der Waals surface area contributed by atoms with E-state index >= 15 is 0 Å². The van der Waals surface area contributed by atoms with E-state index in [2.05, 4.69) is 0 Å². The first kappa shape index (κ1) is 22.4. The van der Waals surface area contributed by atoms with E-state index < -0.39 is 5.54 Å². The first-order chi connectivity index (χ1) is 12.3. The molecule has 3 aliphatic rings. The van der Waals surface area contributed by atoms with Gasteiger partial charge in [-0.3, -0.25) is 9.59 Å². The van der Waals surface area contributed by atoms with Gasteiger partial charge in [-0.05, 0) is 38.5 Å². The smallest absolute Gasteiger partial charge is 0.243 e. The van der Waals surface area contributed by atoms with Gasteiger partial charge in [0.15, 0.2) is 0 Å². The Morgan fingerprint density at radius 2 is 1.89 bits per heavy atom. The Bertz CT molecular complexity index is 549. The molecule has 0 bridgehead atoms. The van der Waals surface area contributed by atoms with Gasteiger partial charge in [0.05, 0.1) is 6.10 Å². The topological polar surface area (TPSA) is 75.9 Å². The van der Waals surface area contributed by atoms with Gasteiger partial charge < -0.3 is 20.3 Å². The Morgan fingerprint density at radius 3 is 2.44 bits per heavy atom. The van der Waals surface area contributed by atoms with E-state index in [0.29, 0.717) is 31.3 Å². The van der Waals surface area contributed by atoms with Crippen molar-refractivity contribution in [3.63, 3.8) is 0 Å². The van der Waals surface area contributed by atoms with Gasteiger partial charge in [0.1, 0.15) is 5.54 Å². The van der Waals surface area contributed by atoms with E-state index in [1.807, 2.05) is 30.6 Å². The van der Waals surface area contributed by atoms with Crippen molar-refractivity contribution in [3.8, 4) is 0 Å². The molecule has 0 spiro atoms. The van der Waals surface area contributed by atoms with Gasteiger partial charge in [0.2, 0.25) is 11.8 Å². The second kappa shape index (κ2) is 8.66. The molecule has 3 fully saturated rings. The maximum absolute atomic E-state index is 13.1. The molecular weight excluding hydrogens is 366 g/mol. The van der Waals surface area contributed by atoms with Gasteiger partial charge in [-0.25, -0.2) is 0 Å². The van der Waals surface area contributed by atoms with Crippen LogP contribution in [0.5, 0.6) is 0 Å². The third-order valence-corrected chi connectivity index (χ3v) is 7.01. The maximum atomic E-state index is 13.1. The summed E-state index contributed by atoms with van der Waals surface area (Å²) in [5, 5.41) is 0. The van der Waals surface area contributed by atoms with Crippen LogP contribution in [0.15, 0.2) is 0 Å². The lowest BCUT2D eigenvalue weighted by atomic mass is 9.54. The van der Waals surface area contributed by atoms with Crippen LogP contribution < -0.4 is 5.73 Å². The molecule has 0 aromatic heterocycles. The molecule has 7 heteroatoms. The Hall–Kier alpha value is -0.850. The van der Waals surface area contributed by atoms with Crippen LogP contribution in [-0.4, -0.2) is 66.0 Å². The molecule has 1 aliphatic carbocycles. The standard InChI is InChI=1S/C20H35N3O3.ClH/c1-4-26-16-13-20(21,19(16,2)3)18(25)22-11-8-15(9-12-22)14-23-10-6-5-7-17(23)24;/h15-16H,4-14,21H2,1-3H3;1H. The molecule has 2 atom stereocenters. The first-order valence-corrected chi connectivity index (χ1v) is 10.3. The van der Waals surface area contributed by atoms with Crippen LogP contribution in [0.25, 0.3) is 0 Å². The molecule has 0 aromatic rings. The molecule has 0 radical (unpaired) electrons. The number of hydrogen-bond donors (Lipinski definition) is 1. The predicted octanol–water partition coefficient (Wildman–Crippen LogP) is 2.19. The highest BCUT2D eigenvalue weighted by Gasteiger charge is 2.63. The summed E-state index contributed by atoms with van der Waals surface area (Å²) in [6, 6.07) is 0. The molecule has 6 nitrogen and oxygen atoms in total. The number of carbonyl (C=O) groups excluding carboxylic acids is 2. The number of amides is 2. The highest BCUT2D eigenvalue weighted by atomic mass is 35.5. The van der Waals surface area contributed by atoms with Gasteiger partial charge in [-0.15, -0.1) is 12.4 Å². The second-order valence-electron chi connectivity index (χ2n) is 8.87. The third-order valence-electron chi connectivity index (χ3n) is 7.01. The summed E-state index contributed by atoms with van der Waals surface area (Å²) < 4.78 is 5.75. The normalized spacial score (nSPS) is 31.3. The number of likely N-dealkylation sites (tertiary alicyclic amines) is 2. The minimum atomic E-state index is -0.817. The van der Waals surface area contributed by atoms with Gasteiger partial charge in [0, 0.05) is 51.0 Å². The van der Waals surface area contributed by atoms with Crippen molar-refractivity contribution in [2.75, 3.05) is 32.8 Å². The third kappa shape index (κ3) is 4.13. The molecule has 156 valence electrons. The van der Waals surface area contributed by atoms with Crippen molar-refractivity contribution in [2.24, 2.45) is 17.1 Å². The molecule has 3 rings (SSSR count). The maximum Gasteiger partial charge on any atom is 0.243 e. The Kier molecular flexibility index (Phi) is 7.20. The second-order valence-corrected chi connectivity index (χ2v) is 8.87. The molecule has 0 aromatic carbocycles. The van der Waals surface area contributed by atoms with Crippen molar-refractivity contribution in [1.29, 1.82) is 0 Å². The van der Waals surface area contributed by atoms with Crippen LogP contribution in [0.4, 0.5) is 0 Å². The van der Waals surface area contributed by atoms with Crippen molar-refractivity contribution in [2.45, 2.75) is 70.9 Å². The number of hydrogen-bond acceptors (Lipinski definition) is 4. The van der Waals surface area contributed by atoms with Crippen LogP contribution in [-0.2, 0) is 14.3 Å². The van der Waals surface area contributed by atoms with Crippen molar-refractivity contribution >= 4 is 24.2 Å². The van der Waals surface area contributed by atoms with Crippen LogP contribution in [0, 0.1) is 11.3 Å². The molecule has 2 saturated heterocycles. The fourth-order valence-electron chi connectivity index (χ4n) is 4.77. The molecule has 27 heavy (non-hydrogen) atoms. The molecule has 2 aliphatic heterocycles. The van der Waals surface area contributed by atoms with Crippen molar-refractivity contribution in [1.82, 2.24) is 9.80 Å². The van der Waals surface area contributed by atoms with E-state index in [-0.39, 0.29) is 29.8 Å². The van der Waals surface area contributed by atoms with Crippen LogP contribution in [0.2, 0.25) is 0 Å². The lowest BCUT2D eigenvalue weighted by molar-refractivity contribution is -0.180. The zero-order valence-corrected chi connectivity index (χ0v) is 17.9. The highest BCUT2D eigenvalue weighted by molar-refractivity contribution is 5.89. The largest absolute Gasteiger partial charge is 0.378 e. The minimum absolute atomic E-state index is 0. The van der Waals surface area contributed by atoms with Crippen LogP contribution >= 0.6 is 12.4 Å². The van der Waals surface area contributed by atoms with E-state index in [9.17, 15) is 9.59 Å². The highest BCUT2D eigenvalue weighted by Crippen LogP contribution is 2.50. The fraction of sp³-hybridized carbons (Fsp3) is 0.900. The SMILES string of the molecule is CCOC1CC(N)(C(=O)N2CCC(CN3CCCCC3=O)CC2)C1(C)C.Cl. The summed E-state index contributed by atoms with van der Waals surface area (Å²) in [5.74, 6) is 0.875. The van der Waals surface area contributed by atoms with Gasteiger partial charge in [-0.2, -0.15) is 0 Å². The average molecular weight is 402 g/mol. The minimum Gasteiger partial charge on any atom is -0.378 e. The zero-order chi connectivity index (χ0) is 18.9. The number of carbonyl (C=O) groups is 2. The number of rotatable bonds is 5. The van der Waals surface area contributed by atoms with Crippen LogP contribution in [0.1, 0.15) is 59.3 Å². The number of halogens is 1. The number of nitrogens with zero attached hydrogens (tertiary/aromatic N) is 2. The Morgan fingerprint density at radius 1 is 1.22 bits per heavy atom. The first-order valence-electron chi connectivity index (χ1n) is 10.3. The van der Waals surface area contributed by atoms with Crippen molar-refractivity contribution < 1.29 is 14.3 Å². The van der Waals surface area contributed by atoms with Gasteiger partial charge in [-0.1, -0.05) is 13.8 Å². The van der Waals surface area contributed by atoms with E-state index in [4.69, 9.17) is 10.5 Å². The summed E-state index contributed by atoms with van der Waals surface area (Å²) in [4.78, 5) is 29.1. The van der Waals surface area contributed by atoms with Crippen LogP contribution in [0.3, 0.4) is 0 Å². The molecule has 2 amide bonds. The molecule has 1 saturated carbocycles. The van der Waals surface area contributed by atoms with Gasteiger partial charge >= 0.3 is 0 Å². The average Bonchev–Trinajstić information content (AvgIpc) is 2.63. The monoisotopic (exact) mass is 401 g/mol. The molecule has 2 N–H and O–H groups in total. The molecular formula is C20H36ClN3O3.